The number of nitrogens with one attached hydrogen (secondary N) is 1. The average Bonchev–Trinajstić information content (AvgIpc) is 3.33. The third-order valence-electron chi connectivity index (χ3n) is 5.44. The smallest absolute Gasteiger partial charge is 0.323 e. The highest BCUT2D eigenvalue weighted by Crippen LogP contribution is 2.41. The molecule has 2 aliphatic rings. The van der Waals surface area contributed by atoms with Gasteiger partial charge in [0.25, 0.3) is 0 Å². The molecule has 0 radical (unpaired) electrons. The van der Waals surface area contributed by atoms with E-state index in [4.69, 9.17) is 16.1 Å². The zero-order valence-corrected chi connectivity index (χ0v) is 15.0. The lowest BCUT2D eigenvalue weighted by Gasteiger charge is -2.18. The number of nitrogens with zero attached hydrogens (tertiary/aromatic N) is 4. The van der Waals surface area contributed by atoms with Gasteiger partial charge >= 0.3 is 6.03 Å². The van der Waals surface area contributed by atoms with Gasteiger partial charge in [0.05, 0.1) is 17.3 Å². The van der Waals surface area contributed by atoms with Crippen molar-refractivity contribution in [3.8, 4) is 0 Å². The van der Waals surface area contributed by atoms with Crippen molar-refractivity contribution < 1.29 is 9.32 Å². The van der Waals surface area contributed by atoms with Crippen LogP contribution in [0.1, 0.15) is 50.8 Å². The molecule has 2 fully saturated rings. The van der Waals surface area contributed by atoms with Crippen LogP contribution in [0, 0.1) is 0 Å². The fourth-order valence-corrected chi connectivity index (χ4v) is 4.01. The number of amides is 2. The van der Waals surface area contributed by atoms with Crippen LogP contribution in [0.15, 0.2) is 23.0 Å². The lowest BCUT2D eigenvalue weighted by atomic mass is 9.86. The summed E-state index contributed by atoms with van der Waals surface area (Å²) in [7, 11) is 0. The third-order valence-corrected chi connectivity index (χ3v) is 5.64. The number of anilines is 1. The zero-order valence-electron chi connectivity index (χ0n) is 14.2. The Balaban J connectivity index is 1.37. The van der Waals surface area contributed by atoms with Gasteiger partial charge in [-0.3, -0.25) is 10.00 Å². The Morgan fingerprint density at radius 1 is 1.44 bits per heavy atom. The number of carbonyl (C=O) groups is 1. The molecule has 4 rings (SSSR count). The van der Waals surface area contributed by atoms with E-state index in [1.165, 1.54) is 12.8 Å². The van der Waals surface area contributed by atoms with Crippen LogP contribution in [0.4, 0.5) is 10.6 Å². The first-order chi connectivity index (χ1) is 12.0. The number of carbonyl (C=O) groups excluding carboxylic acids is 1. The summed E-state index contributed by atoms with van der Waals surface area (Å²) in [5, 5.41) is 11.7. The summed E-state index contributed by atoms with van der Waals surface area (Å²) in [6.07, 6.45) is 8.90. The predicted octanol–water partition coefficient (Wildman–Crippen LogP) is 3.84. The molecule has 134 valence electrons. The Labute approximate surface area is 151 Å². The largest absolute Gasteiger partial charge is 0.359 e. The maximum absolute atomic E-state index is 12.5. The SMILES string of the molecule is CC1(c2cc(NC(=O)N3CCC(n4cc(Cl)cn4)C3)no2)CCCC1. The molecule has 2 amide bonds. The second-order valence-electron chi connectivity index (χ2n) is 7.30. The van der Waals surface area contributed by atoms with Crippen LogP contribution >= 0.6 is 11.6 Å². The van der Waals surface area contributed by atoms with Crippen LogP contribution in [-0.2, 0) is 5.41 Å². The first-order valence-corrected chi connectivity index (χ1v) is 9.14. The van der Waals surface area contributed by atoms with Gasteiger partial charge in [0.15, 0.2) is 5.82 Å². The van der Waals surface area contributed by atoms with Crippen LogP contribution in [0.2, 0.25) is 5.02 Å². The van der Waals surface area contributed by atoms with Crippen LogP contribution in [0.25, 0.3) is 0 Å². The van der Waals surface area contributed by atoms with Crippen molar-refractivity contribution in [2.75, 3.05) is 18.4 Å². The van der Waals surface area contributed by atoms with Crippen molar-refractivity contribution in [1.82, 2.24) is 19.8 Å². The molecule has 0 spiro atoms. The summed E-state index contributed by atoms with van der Waals surface area (Å²) in [6, 6.07) is 1.87. The zero-order chi connectivity index (χ0) is 17.4. The van der Waals surface area contributed by atoms with E-state index in [1.807, 2.05) is 10.7 Å². The number of halogens is 1. The monoisotopic (exact) mass is 363 g/mol. The van der Waals surface area contributed by atoms with E-state index in [-0.39, 0.29) is 17.5 Å². The van der Waals surface area contributed by atoms with Crippen molar-refractivity contribution in [2.24, 2.45) is 0 Å². The lowest BCUT2D eigenvalue weighted by molar-refractivity contribution is 0.220. The minimum absolute atomic E-state index is 0.0497. The Morgan fingerprint density at radius 3 is 2.96 bits per heavy atom. The van der Waals surface area contributed by atoms with Gasteiger partial charge in [-0.15, -0.1) is 0 Å². The number of urea groups is 1. The highest BCUT2D eigenvalue weighted by molar-refractivity contribution is 6.30. The molecule has 1 saturated carbocycles. The number of rotatable bonds is 3. The summed E-state index contributed by atoms with van der Waals surface area (Å²) in [6.45, 7) is 3.48. The maximum Gasteiger partial charge on any atom is 0.323 e. The van der Waals surface area contributed by atoms with E-state index in [0.717, 1.165) is 25.0 Å². The van der Waals surface area contributed by atoms with Gasteiger partial charge in [0, 0.05) is 30.8 Å². The van der Waals surface area contributed by atoms with Crippen LogP contribution in [-0.4, -0.2) is 39.0 Å². The van der Waals surface area contributed by atoms with Crippen molar-refractivity contribution in [2.45, 2.75) is 50.5 Å². The van der Waals surface area contributed by atoms with E-state index in [9.17, 15) is 4.79 Å². The topological polar surface area (TPSA) is 76.2 Å². The van der Waals surface area contributed by atoms with Crippen LogP contribution in [0.5, 0.6) is 0 Å². The van der Waals surface area contributed by atoms with E-state index in [2.05, 4.69) is 22.5 Å². The minimum atomic E-state index is -0.155. The molecule has 1 unspecified atom stereocenters. The molecule has 7 nitrogen and oxygen atoms in total. The predicted molar refractivity (Wildman–Crippen MR) is 93.8 cm³/mol. The van der Waals surface area contributed by atoms with Crippen molar-refractivity contribution in [3.63, 3.8) is 0 Å². The van der Waals surface area contributed by atoms with Gasteiger partial charge in [0.1, 0.15) is 5.76 Å². The fourth-order valence-electron chi connectivity index (χ4n) is 3.87. The molecule has 0 bridgehead atoms. The lowest BCUT2D eigenvalue weighted by Crippen LogP contribution is -2.33. The van der Waals surface area contributed by atoms with E-state index < -0.39 is 0 Å². The average molecular weight is 364 g/mol. The molecular formula is C17H22ClN5O2. The minimum Gasteiger partial charge on any atom is -0.359 e. The fraction of sp³-hybridized carbons (Fsp3) is 0.588. The van der Waals surface area contributed by atoms with E-state index in [0.29, 0.717) is 23.9 Å². The summed E-state index contributed by atoms with van der Waals surface area (Å²) in [4.78, 5) is 14.3. The molecular weight excluding hydrogens is 342 g/mol. The number of aromatic nitrogens is 3. The normalized spacial score (nSPS) is 22.5. The Morgan fingerprint density at radius 2 is 2.24 bits per heavy atom. The Kier molecular flexibility index (Phi) is 4.19. The molecule has 3 heterocycles. The number of hydrogen-bond acceptors (Lipinski definition) is 4. The standard InChI is InChI=1S/C17H22ClN5O2/c1-17(5-2-3-6-17)14-8-15(21-25-14)20-16(24)22-7-4-13(11-22)23-10-12(18)9-19-23/h8-10,13H,2-7,11H2,1H3,(H,20,21,24). The highest BCUT2D eigenvalue weighted by Gasteiger charge is 2.35. The van der Waals surface area contributed by atoms with E-state index in [1.54, 1.807) is 17.3 Å². The highest BCUT2D eigenvalue weighted by atomic mass is 35.5. The van der Waals surface area contributed by atoms with Gasteiger partial charge in [0.2, 0.25) is 0 Å². The summed E-state index contributed by atoms with van der Waals surface area (Å²) < 4.78 is 7.32. The van der Waals surface area contributed by atoms with Gasteiger partial charge in [-0.05, 0) is 19.3 Å². The van der Waals surface area contributed by atoms with E-state index >= 15 is 0 Å². The van der Waals surface area contributed by atoms with Crippen molar-refractivity contribution in [1.29, 1.82) is 0 Å². The number of hydrogen-bond donors (Lipinski definition) is 1. The Bertz CT molecular complexity index is 765. The molecule has 1 N–H and O–H groups in total. The van der Waals surface area contributed by atoms with Gasteiger partial charge in [-0.2, -0.15) is 5.10 Å². The molecule has 8 heteroatoms. The molecule has 1 aliphatic heterocycles. The second kappa shape index (κ2) is 6.37. The quantitative estimate of drug-likeness (QED) is 0.898. The summed E-state index contributed by atoms with van der Waals surface area (Å²) >= 11 is 5.92. The first kappa shape index (κ1) is 16.4. The molecule has 25 heavy (non-hydrogen) atoms. The molecule has 1 saturated heterocycles. The molecule has 2 aromatic heterocycles. The molecule has 0 aromatic carbocycles. The van der Waals surface area contributed by atoms with Gasteiger partial charge in [-0.1, -0.05) is 36.5 Å². The Hall–Kier alpha value is -2.02. The van der Waals surface area contributed by atoms with Crippen LogP contribution in [0.3, 0.4) is 0 Å². The van der Waals surface area contributed by atoms with Gasteiger partial charge in [-0.25, -0.2) is 4.79 Å². The maximum atomic E-state index is 12.5. The first-order valence-electron chi connectivity index (χ1n) is 8.76. The summed E-state index contributed by atoms with van der Waals surface area (Å²) in [5.74, 6) is 1.35. The summed E-state index contributed by atoms with van der Waals surface area (Å²) in [5.41, 5.74) is 0.0497. The molecule has 1 aliphatic carbocycles. The molecule has 1 atom stereocenters. The van der Waals surface area contributed by atoms with Crippen LogP contribution < -0.4 is 5.32 Å². The molecule has 2 aromatic rings. The second-order valence-corrected chi connectivity index (χ2v) is 7.74. The number of likely N-dealkylation sites (tertiary alicyclic amines) is 1. The van der Waals surface area contributed by atoms with Crippen molar-refractivity contribution >= 4 is 23.4 Å². The van der Waals surface area contributed by atoms with Crippen molar-refractivity contribution in [3.05, 3.63) is 29.2 Å². The third kappa shape index (κ3) is 3.25. The van der Waals surface area contributed by atoms with Gasteiger partial charge < -0.3 is 9.42 Å².